The van der Waals surface area contributed by atoms with Crippen LogP contribution in [0.25, 0.3) is 0 Å². The highest BCUT2D eigenvalue weighted by molar-refractivity contribution is 5.77. The van der Waals surface area contributed by atoms with E-state index in [1.54, 1.807) is 6.07 Å². The van der Waals surface area contributed by atoms with Crippen molar-refractivity contribution < 1.29 is 23.8 Å². The smallest absolute Gasteiger partial charge is 0.246 e. The van der Waals surface area contributed by atoms with Crippen LogP contribution in [0.2, 0.25) is 0 Å². The quantitative estimate of drug-likeness (QED) is 0.391. The number of nitrogens with one attached hydrogen (secondary N) is 2. The van der Waals surface area contributed by atoms with Crippen molar-refractivity contribution in [1.29, 1.82) is 0 Å². The third-order valence-corrected chi connectivity index (χ3v) is 7.35. The summed E-state index contributed by atoms with van der Waals surface area (Å²) in [6.45, 7) is 4.42. The highest BCUT2D eigenvalue weighted by atomic mass is 19.1. The molecule has 38 heavy (non-hydrogen) atoms. The second-order valence-corrected chi connectivity index (χ2v) is 11.0. The SMILES string of the molecule is C#Cc1cc(F)cc(C[C@H](NC(=O)COC)[C@H](O)CN[C@H]2CC3(CCC3)Oc3ncc(CC(C)C)cc32)c1. The Hall–Kier alpha value is -2.99. The number of fused-ring (bicyclic) bond motifs is 1. The number of pyridine rings is 1. The maximum Gasteiger partial charge on any atom is 0.246 e. The fourth-order valence-electron chi connectivity index (χ4n) is 5.39. The molecule has 8 heteroatoms. The summed E-state index contributed by atoms with van der Waals surface area (Å²) in [4.78, 5) is 17.0. The van der Waals surface area contributed by atoms with Crippen LogP contribution in [-0.2, 0) is 22.4 Å². The van der Waals surface area contributed by atoms with E-state index in [0.29, 0.717) is 22.9 Å². The number of hydrogen-bond acceptors (Lipinski definition) is 6. The van der Waals surface area contributed by atoms with Gasteiger partial charge in [-0.15, -0.1) is 6.42 Å². The standard InChI is InChI=1S/C30H38FN3O4/c1-5-20-10-21(12-23(31)11-20)14-25(34-28(36)18-37-4)27(35)17-32-26-15-30(7-6-8-30)38-29-24(26)13-22(16-33-29)9-19(2)3/h1,10-13,16,19,25-27,32,35H,6-9,14-15,17-18H2,2-4H3,(H,34,36)/t25-,26-,27+/m0/s1. The van der Waals surface area contributed by atoms with Gasteiger partial charge in [-0.05, 0) is 73.4 Å². The number of terminal acetylenes is 1. The Bertz CT molecular complexity index is 1170. The molecule has 4 rings (SSSR count). The fraction of sp³-hybridized carbons (Fsp3) is 0.533. The van der Waals surface area contributed by atoms with Crippen LogP contribution < -0.4 is 15.4 Å². The van der Waals surface area contributed by atoms with E-state index in [1.165, 1.54) is 19.2 Å². The third-order valence-electron chi connectivity index (χ3n) is 7.35. The Morgan fingerprint density at radius 3 is 2.74 bits per heavy atom. The van der Waals surface area contributed by atoms with E-state index >= 15 is 0 Å². The van der Waals surface area contributed by atoms with Gasteiger partial charge < -0.3 is 25.2 Å². The van der Waals surface area contributed by atoms with Crippen LogP contribution in [0.4, 0.5) is 4.39 Å². The van der Waals surface area contributed by atoms with Gasteiger partial charge in [0, 0.05) is 43.4 Å². The van der Waals surface area contributed by atoms with E-state index in [9.17, 15) is 14.3 Å². The lowest BCUT2D eigenvalue weighted by molar-refractivity contribution is -0.126. The summed E-state index contributed by atoms with van der Waals surface area (Å²) in [6.07, 6.45) is 11.4. The van der Waals surface area contributed by atoms with Gasteiger partial charge in [0.05, 0.1) is 12.1 Å². The number of carbonyl (C=O) groups excluding carboxylic acids is 1. The van der Waals surface area contributed by atoms with Gasteiger partial charge in [-0.2, -0.15) is 0 Å². The van der Waals surface area contributed by atoms with Crippen LogP contribution in [0.15, 0.2) is 30.5 Å². The minimum absolute atomic E-state index is 0.0501. The lowest BCUT2D eigenvalue weighted by atomic mass is 9.73. The number of aliphatic hydroxyl groups excluding tert-OH is 1. The maximum atomic E-state index is 14.1. The molecule has 1 aromatic heterocycles. The summed E-state index contributed by atoms with van der Waals surface area (Å²) in [6, 6.07) is 5.76. The Labute approximate surface area is 224 Å². The molecule has 0 unspecified atom stereocenters. The fourth-order valence-corrected chi connectivity index (χ4v) is 5.39. The van der Waals surface area contributed by atoms with Crippen LogP contribution in [0.5, 0.6) is 5.88 Å². The lowest BCUT2D eigenvalue weighted by Crippen LogP contribution is -2.52. The number of carbonyl (C=O) groups is 1. The zero-order chi connectivity index (χ0) is 27.3. The molecule has 1 fully saturated rings. The molecular formula is C30H38FN3O4. The largest absolute Gasteiger partial charge is 0.471 e. The molecule has 2 aromatic rings. The molecule has 204 valence electrons. The zero-order valence-corrected chi connectivity index (χ0v) is 22.4. The normalized spacial score (nSPS) is 19.1. The summed E-state index contributed by atoms with van der Waals surface area (Å²) < 4.78 is 25.4. The Morgan fingerprint density at radius 1 is 1.29 bits per heavy atom. The summed E-state index contributed by atoms with van der Waals surface area (Å²) >= 11 is 0. The van der Waals surface area contributed by atoms with Crippen molar-refractivity contribution in [3.63, 3.8) is 0 Å². The van der Waals surface area contributed by atoms with Crippen LogP contribution >= 0.6 is 0 Å². The number of halogens is 1. The van der Waals surface area contributed by atoms with Crippen molar-refractivity contribution in [3.8, 4) is 18.2 Å². The van der Waals surface area contributed by atoms with Crippen LogP contribution in [-0.4, -0.2) is 54.0 Å². The number of hydrogen-bond donors (Lipinski definition) is 3. The summed E-state index contributed by atoms with van der Waals surface area (Å²) in [5.41, 5.74) is 2.92. The lowest BCUT2D eigenvalue weighted by Gasteiger charge is -2.47. The molecule has 1 spiro atoms. The summed E-state index contributed by atoms with van der Waals surface area (Å²) in [7, 11) is 1.43. The van der Waals surface area contributed by atoms with Gasteiger partial charge in [0.1, 0.15) is 18.0 Å². The molecule has 1 aromatic carbocycles. The van der Waals surface area contributed by atoms with Crippen molar-refractivity contribution in [2.75, 3.05) is 20.3 Å². The second-order valence-electron chi connectivity index (χ2n) is 11.0. The number of rotatable bonds is 11. The summed E-state index contributed by atoms with van der Waals surface area (Å²) in [5.74, 6) is 2.78. The molecule has 1 amide bonds. The molecule has 7 nitrogen and oxygen atoms in total. The highest BCUT2D eigenvalue weighted by Crippen LogP contribution is 2.48. The molecule has 1 aliphatic heterocycles. The Balaban J connectivity index is 1.52. The number of nitrogens with zero attached hydrogens (tertiary/aromatic N) is 1. The monoisotopic (exact) mass is 523 g/mol. The maximum absolute atomic E-state index is 14.1. The number of aromatic nitrogens is 1. The number of ether oxygens (including phenoxy) is 2. The van der Waals surface area contributed by atoms with Gasteiger partial charge in [-0.25, -0.2) is 9.37 Å². The molecule has 0 radical (unpaired) electrons. The van der Waals surface area contributed by atoms with Gasteiger partial charge in [-0.1, -0.05) is 19.8 Å². The van der Waals surface area contributed by atoms with Crippen LogP contribution in [0.1, 0.15) is 67.8 Å². The third kappa shape index (κ3) is 6.90. The number of methoxy groups -OCH3 is 1. The van der Waals surface area contributed by atoms with E-state index in [1.807, 2.05) is 6.20 Å². The van der Waals surface area contributed by atoms with Crippen molar-refractivity contribution in [2.24, 2.45) is 5.92 Å². The second kappa shape index (κ2) is 12.2. The van der Waals surface area contributed by atoms with E-state index in [0.717, 1.165) is 43.2 Å². The van der Waals surface area contributed by atoms with Gasteiger partial charge >= 0.3 is 0 Å². The van der Waals surface area contributed by atoms with Gasteiger partial charge in [0.15, 0.2) is 0 Å². The van der Waals surface area contributed by atoms with Crippen molar-refractivity contribution in [1.82, 2.24) is 15.6 Å². The van der Waals surface area contributed by atoms with Gasteiger partial charge in [-0.3, -0.25) is 4.79 Å². The first kappa shape index (κ1) is 28.0. The first-order chi connectivity index (χ1) is 18.2. The molecule has 2 heterocycles. The van der Waals surface area contributed by atoms with Crippen LogP contribution in [0.3, 0.4) is 0 Å². The Morgan fingerprint density at radius 2 is 2.08 bits per heavy atom. The molecule has 3 atom stereocenters. The van der Waals surface area contributed by atoms with E-state index < -0.39 is 18.0 Å². The van der Waals surface area contributed by atoms with Crippen molar-refractivity contribution >= 4 is 5.91 Å². The molecule has 1 aliphatic carbocycles. The zero-order valence-electron chi connectivity index (χ0n) is 22.4. The molecular weight excluding hydrogens is 485 g/mol. The minimum atomic E-state index is -0.955. The van der Waals surface area contributed by atoms with Gasteiger partial charge in [0.2, 0.25) is 11.8 Å². The predicted octanol–water partition coefficient (Wildman–Crippen LogP) is 3.47. The van der Waals surface area contributed by atoms with E-state index in [2.05, 4.69) is 41.5 Å². The molecule has 0 saturated heterocycles. The van der Waals surface area contributed by atoms with E-state index in [-0.39, 0.29) is 37.1 Å². The minimum Gasteiger partial charge on any atom is -0.471 e. The average molecular weight is 524 g/mol. The highest BCUT2D eigenvalue weighted by Gasteiger charge is 2.46. The number of aliphatic hydroxyl groups is 1. The number of benzene rings is 1. The molecule has 0 bridgehead atoms. The van der Waals surface area contributed by atoms with Crippen LogP contribution in [0, 0.1) is 24.1 Å². The first-order valence-corrected chi connectivity index (χ1v) is 13.3. The van der Waals surface area contributed by atoms with E-state index in [4.69, 9.17) is 15.9 Å². The molecule has 1 saturated carbocycles. The van der Waals surface area contributed by atoms with Crippen molar-refractivity contribution in [3.05, 3.63) is 58.5 Å². The van der Waals surface area contributed by atoms with Gasteiger partial charge in [0.25, 0.3) is 0 Å². The van der Waals surface area contributed by atoms with Crippen molar-refractivity contribution in [2.45, 2.75) is 76.2 Å². The number of amides is 1. The first-order valence-electron chi connectivity index (χ1n) is 13.3. The predicted molar refractivity (Wildman–Crippen MR) is 143 cm³/mol. The topological polar surface area (TPSA) is 92.7 Å². The molecule has 2 aliphatic rings. The molecule has 3 N–H and O–H groups in total. The average Bonchev–Trinajstić information content (AvgIpc) is 2.85. The Kier molecular flexibility index (Phi) is 9.03. The summed E-state index contributed by atoms with van der Waals surface area (Å²) in [5, 5.41) is 17.6.